The van der Waals surface area contributed by atoms with Gasteiger partial charge in [-0.1, -0.05) is 17.7 Å². The molecule has 1 aromatic carbocycles. The van der Waals surface area contributed by atoms with Crippen LogP contribution in [0.25, 0.3) is 0 Å². The number of hydrogen-bond acceptors (Lipinski definition) is 2. The van der Waals surface area contributed by atoms with E-state index in [1.165, 1.54) is 0 Å². The second-order valence-electron chi connectivity index (χ2n) is 4.94. The maximum atomic E-state index is 12.4. The minimum Gasteiger partial charge on any atom is -0.396 e. The predicted octanol–water partition coefficient (Wildman–Crippen LogP) is 2.57. The van der Waals surface area contributed by atoms with Gasteiger partial charge >= 0.3 is 0 Å². The monoisotopic (exact) mass is 267 g/mol. The van der Waals surface area contributed by atoms with Crippen molar-refractivity contribution in [3.63, 3.8) is 0 Å². The first-order valence-electron chi connectivity index (χ1n) is 6.29. The van der Waals surface area contributed by atoms with Crippen LogP contribution >= 0.6 is 11.6 Å². The van der Waals surface area contributed by atoms with Gasteiger partial charge in [0.2, 0.25) is 0 Å². The van der Waals surface area contributed by atoms with Crippen molar-refractivity contribution in [3.05, 3.63) is 34.9 Å². The topological polar surface area (TPSA) is 40.5 Å². The van der Waals surface area contributed by atoms with Crippen LogP contribution in [0.5, 0.6) is 0 Å². The lowest BCUT2D eigenvalue weighted by atomic mass is 9.93. The van der Waals surface area contributed by atoms with Crippen molar-refractivity contribution in [2.45, 2.75) is 25.8 Å². The van der Waals surface area contributed by atoms with E-state index in [9.17, 15) is 9.90 Å². The summed E-state index contributed by atoms with van der Waals surface area (Å²) in [6.45, 7) is 2.82. The van der Waals surface area contributed by atoms with Crippen molar-refractivity contribution in [1.29, 1.82) is 0 Å². The van der Waals surface area contributed by atoms with Gasteiger partial charge < -0.3 is 10.0 Å². The van der Waals surface area contributed by atoms with E-state index in [-0.39, 0.29) is 24.5 Å². The molecule has 0 radical (unpaired) electrons. The molecule has 2 rings (SSSR count). The summed E-state index contributed by atoms with van der Waals surface area (Å²) >= 11 is 5.91. The lowest BCUT2D eigenvalue weighted by Crippen LogP contribution is -2.46. The Hall–Kier alpha value is -1.06. The van der Waals surface area contributed by atoms with E-state index in [2.05, 4.69) is 6.92 Å². The SMILES string of the molecule is CC1CCC(CO)CN1C(=O)c1cccc(Cl)c1. The van der Waals surface area contributed by atoms with Gasteiger partial charge in [-0.2, -0.15) is 0 Å². The number of nitrogens with zero attached hydrogens (tertiary/aromatic N) is 1. The third-order valence-electron chi connectivity index (χ3n) is 3.57. The molecule has 1 fully saturated rings. The summed E-state index contributed by atoms with van der Waals surface area (Å²) in [7, 11) is 0. The van der Waals surface area contributed by atoms with Gasteiger partial charge in [-0.25, -0.2) is 0 Å². The molecule has 1 heterocycles. The third kappa shape index (κ3) is 2.85. The van der Waals surface area contributed by atoms with E-state index in [1.54, 1.807) is 24.3 Å². The molecule has 3 nitrogen and oxygen atoms in total. The summed E-state index contributed by atoms with van der Waals surface area (Å²) in [6, 6.07) is 7.24. The first-order chi connectivity index (χ1) is 8.61. The van der Waals surface area contributed by atoms with E-state index >= 15 is 0 Å². The van der Waals surface area contributed by atoms with Gasteiger partial charge in [0.25, 0.3) is 5.91 Å². The molecule has 1 amide bonds. The Bertz CT molecular complexity index is 436. The Labute approximate surface area is 112 Å². The highest BCUT2D eigenvalue weighted by Gasteiger charge is 2.29. The van der Waals surface area contributed by atoms with E-state index in [0.29, 0.717) is 17.1 Å². The highest BCUT2D eigenvalue weighted by atomic mass is 35.5. The minimum absolute atomic E-state index is 0.00292. The molecule has 0 aliphatic carbocycles. The van der Waals surface area contributed by atoms with Crippen LogP contribution < -0.4 is 0 Å². The number of carbonyl (C=O) groups is 1. The molecule has 1 N–H and O–H groups in total. The minimum atomic E-state index is 0.00292. The highest BCUT2D eigenvalue weighted by molar-refractivity contribution is 6.30. The number of likely N-dealkylation sites (tertiary alicyclic amines) is 1. The van der Waals surface area contributed by atoms with Crippen LogP contribution in [0.2, 0.25) is 5.02 Å². The zero-order chi connectivity index (χ0) is 13.1. The second kappa shape index (κ2) is 5.72. The van der Waals surface area contributed by atoms with Crippen LogP contribution in [-0.2, 0) is 0 Å². The van der Waals surface area contributed by atoms with Gasteiger partial charge in [0.1, 0.15) is 0 Å². The summed E-state index contributed by atoms with van der Waals surface area (Å²) in [5.74, 6) is 0.201. The number of piperidine rings is 1. The smallest absolute Gasteiger partial charge is 0.254 e. The van der Waals surface area contributed by atoms with Crippen molar-refractivity contribution in [3.8, 4) is 0 Å². The molecule has 0 bridgehead atoms. The average molecular weight is 268 g/mol. The molecular weight excluding hydrogens is 250 g/mol. The number of halogens is 1. The number of hydrogen-bond donors (Lipinski definition) is 1. The third-order valence-corrected chi connectivity index (χ3v) is 3.81. The maximum Gasteiger partial charge on any atom is 0.254 e. The Balaban J connectivity index is 2.16. The Kier molecular flexibility index (Phi) is 4.25. The fourth-order valence-electron chi connectivity index (χ4n) is 2.40. The number of amides is 1. The summed E-state index contributed by atoms with van der Waals surface area (Å²) in [6.07, 6.45) is 1.93. The summed E-state index contributed by atoms with van der Waals surface area (Å²) in [4.78, 5) is 14.3. The summed E-state index contributed by atoms with van der Waals surface area (Å²) in [5, 5.41) is 9.81. The molecule has 1 aliphatic rings. The summed E-state index contributed by atoms with van der Waals surface area (Å²) in [5.41, 5.74) is 0.618. The number of rotatable bonds is 2. The summed E-state index contributed by atoms with van der Waals surface area (Å²) < 4.78 is 0. The quantitative estimate of drug-likeness (QED) is 0.895. The number of carbonyl (C=O) groups excluding carboxylic acids is 1. The fourth-order valence-corrected chi connectivity index (χ4v) is 2.59. The van der Waals surface area contributed by atoms with Crippen molar-refractivity contribution < 1.29 is 9.90 Å². The molecule has 4 heteroatoms. The maximum absolute atomic E-state index is 12.4. The number of aliphatic hydroxyl groups is 1. The largest absolute Gasteiger partial charge is 0.396 e. The van der Waals surface area contributed by atoms with Gasteiger partial charge in [-0.05, 0) is 43.9 Å². The first-order valence-corrected chi connectivity index (χ1v) is 6.67. The standard InChI is InChI=1S/C14H18ClNO2/c1-10-5-6-11(9-17)8-16(10)14(18)12-3-2-4-13(15)7-12/h2-4,7,10-11,17H,5-6,8-9H2,1H3. The molecule has 1 aromatic rings. The fraction of sp³-hybridized carbons (Fsp3) is 0.500. The van der Waals surface area contributed by atoms with Crippen molar-refractivity contribution >= 4 is 17.5 Å². The zero-order valence-corrected chi connectivity index (χ0v) is 11.2. The van der Waals surface area contributed by atoms with E-state index in [1.807, 2.05) is 4.90 Å². The van der Waals surface area contributed by atoms with Crippen LogP contribution in [0, 0.1) is 5.92 Å². The molecular formula is C14H18ClNO2. The van der Waals surface area contributed by atoms with Gasteiger partial charge in [0.05, 0.1) is 0 Å². The van der Waals surface area contributed by atoms with Crippen LogP contribution in [0.1, 0.15) is 30.1 Å². The highest BCUT2D eigenvalue weighted by Crippen LogP contribution is 2.24. The number of aliphatic hydroxyl groups excluding tert-OH is 1. The van der Waals surface area contributed by atoms with Crippen LogP contribution in [-0.4, -0.2) is 35.1 Å². The predicted molar refractivity (Wildman–Crippen MR) is 71.8 cm³/mol. The molecule has 0 aromatic heterocycles. The Morgan fingerprint density at radius 1 is 1.50 bits per heavy atom. The lowest BCUT2D eigenvalue weighted by Gasteiger charge is -2.37. The molecule has 18 heavy (non-hydrogen) atoms. The molecule has 2 unspecified atom stereocenters. The van der Waals surface area contributed by atoms with Gasteiger partial charge in [0, 0.05) is 29.8 Å². The van der Waals surface area contributed by atoms with E-state index < -0.39 is 0 Å². The molecule has 1 aliphatic heterocycles. The van der Waals surface area contributed by atoms with E-state index in [0.717, 1.165) is 12.8 Å². The Morgan fingerprint density at radius 2 is 2.28 bits per heavy atom. The van der Waals surface area contributed by atoms with Gasteiger partial charge in [0.15, 0.2) is 0 Å². The van der Waals surface area contributed by atoms with Crippen LogP contribution in [0.15, 0.2) is 24.3 Å². The van der Waals surface area contributed by atoms with Crippen LogP contribution in [0.3, 0.4) is 0 Å². The van der Waals surface area contributed by atoms with Gasteiger partial charge in [-0.15, -0.1) is 0 Å². The zero-order valence-electron chi connectivity index (χ0n) is 10.5. The van der Waals surface area contributed by atoms with Gasteiger partial charge in [-0.3, -0.25) is 4.79 Å². The second-order valence-corrected chi connectivity index (χ2v) is 5.38. The van der Waals surface area contributed by atoms with Crippen molar-refractivity contribution in [2.24, 2.45) is 5.92 Å². The lowest BCUT2D eigenvalue weighted by molar-refractivity contribution is 0.0489. The molecule has 0 spiro atoms. The average Bonchev–Trinajstić information content (AvgIpc) is 2.38. The van der Waals surface area contributed by atoms with Crippen molar-refractivity contribution in [1.82, 2.24) is 4.90 Å². The Morgan fingerprint density at radius 3 is 2.94 bits per heavy atom. The van der Waals surface area contributed by atoms with Crippen molar-refractivity contribution in [2.75, 3.05) is 13.2 Å². The van der Waals surface area contributed by atoms with E-state index in [4.69, 9.17) is 11.6 Å². The van der Waals surface area contributed by atoms with Crippen LogP contribution in [0.4, 0.5) is 0 Å². The normalized spacial score (nSPS) is 24.1. The molecule has 0 saturated carbocycles. The molecule has 98 valence electrons. The first kappa shape index (κ1) is 13.4. The molecule has 2 atom stereocenters. The molecule has 1 saturated heterocycles. The number of benzene rings is 1.